The third kappa shape index (κ3) is 4.53. The van der Waals surface area contributed by atoms with Gasteiger partial charge in [-0.2, -0.15) is 0 Å². The van der Waals surface area contributed by atoms with Crippen molar-refractivity contribution in [3.05, 3.63) is 30.1 Å². The van der Waals surface area contributed by atoms with Gasteiger partial charge in [0.1, 0.15) is 11.9 Å². The van der Waals surface area contributed by atoms with E-state index in [0.717, 1.165) is 0 Å². The third-order valence-corrected chi connectivity index (χ3v) is 2.76. The van der Waals surface area contributed by atoms with Gasteiger partial charge in [-0.15, -0.1) is 0 Å². The lowest BCUT2D eigenvalue weighted by Crippen LogP contribution is -2.50. The van der Waals surface area contributed by atoms with Crippen LogP contribution in [-0.2, 0) is 4.79 Å². The van der Waals surface area contributed by atoms with Crippen molar-refractivity contribution in [2.75, 3.05) is 19.4 Å². The molecule has 0 bridgehead atoms. The maximum absolute atomic E-state index is 12.8. The van der Waals surface area contributed by atoms with Crippen molar-refractivity contribution in [2.45, 2.75) is 19.9 Å². The maximum Gasteiger partial charge on any atom is 0.319 e. The van der Waals surface area contributed by atoms with Gasteiger partial charge in [0.25, 0.3) is 0 Å². The van der Waals surface area contributed by atoms with E-state index < -0.39 is 12.1 Å². The summed E-state index contributed by atoms with van der Waals surface area (Å²) in [6.45, 7) is 3.70. The minimum atomic E-state index is -0.606. The molecule has 0 aliphatic carbocycles. The van der Waals surface area contributed by atoms with Gasteiger partial charge in [-0.05, 0) is 30.2 Å². The molecule has 0 aromatic heterocycles. The molecule has 0 saturated heterocycles. The lowest BCUT2D eigenvalue weighted by atomic mass is 10.0. The Hall–Kier alpha value is -2.11. The smallest absolute Gasteiger partial charge is 0.319 e. The van der Waals surface area contributed by atoms with Gasteiger partial charge in [-0.25, -0.2) is 9.18 Å². The molecule has 0 spiro atoms. The molecule has 0 aliphatic rings. The summed E-state index contributed by atoms with van der Waals surface area (Å²) in [5, 5.41) is 5.19. The zero-order valence-electron chi connectivity index (χ0n) is 12.1. The fourth-order valence-corrected chi connectivity index (χ4v) is 1.63. The summed E-state index contributed by atoms with van der Waals surface area (Å²) in [6.07, 6.45) is 0. The van der Waals surface area contributed by atoms with E-state index in [9.17, 15) is 14.0 Å². The number of amides is 3. The molecule has 6 heteroatoms. The van der Waals surface area contributed by atoms with Crippen LogP contribution in [0.15, 0.2) is 24.3 Å². The molecule has 0 heterocycles. The number of likely N-dealkylation sites (N-methyl/N-ethyl adjacent to an activating group) is 1. The highest BCUT2D eigenvalue weighted by Gasteiger charge is 2.25. The zero-order chi connectivity index (χ0) is 15.3. The van der Waals surface area contributed by atoms with Crippen LogP contribution in [0.2, 0.25) is 0 Å². The molecule has 20 heavy (non-hydrogen) atoms. The molecule has 1 aromatic rings. The van der Waals surface area contributed by atoms with Crippen LogP contribution in [0.5, 0.6) is 0 Å². The van der Waals surface area contributed by atoms with Crippen molar-refractivity contribution >= 4 is 17.6 Å². The summed E-state index contributed by atoms with van der Waals surface area (Å²) in [7, 11) is 3.27. The molecule has 2 N–H and O–H groups in total. The molecule has 1 rings (SSSR count). The topological polar surface area (TPSA) is 61.4 Å². The Balaban J connectivity index is 2.67. The number of anilines is 1. The first-order valence-electron chi connectivity index (χ1n) is 6.35. The molecule has 0 aliphatic heterocycles. The first-order chi connectivity index (χ1) is 9.31. The van der Waals surface area contributed by atoms with Crippen molar-refractivity contribution in [1.29, 1.82) is 0 Å². The van der Waals surface area contributed by atoms with E-state index in [1.807, 2.05) is 13.8 Å². The van der Waals surface area contributed by atoms with E-state index in [1.54, 1.807) is 14.1 Å². The highest BCUT2D eigenvalue weighted by atomic mass is 19.1. The average molecular weight is 281 g/mol. The Labute approximate surface area is 118 Å². The van der Waals surface area contributed by atoms with Crippen LogP contribution < -0.4 is 10.6 Å². The van der Waals surface area contributed by atoms with Crippen LogP contribution in [0, 0.1) is 11.7 Å². The number of nitrogens with zero attached hydrogens (tertiary/aromatic N) is 1. The summed E-state index contributed by atoms with van der Waals surface area (Å²) in [6, 6.07) is 4.30. The lowest BCUT2D eigenvalue weighted by Gasteiger charge is -2.24. The molecule has 0 unspecified atom stereocenters. The monoisotopic (exact) mass is 281 g/mol. The van der Waals surface area contributed by atoms with Gasteiger partial charge in [0.2, 0.25) is 5.91 Å². The Morgan fingerprint density at radius 2 is 1.70 bits per heavy atom. The molecular formula is C14H20FN3O2. The molecule has 1 atom stereocenters. The summed E-state index contributed by atoms with van der Waals surface area (Å²) in [4.78, 5) is 25.2. The van der Waals surface area contributed by atoms with Gasteiger partial charge in [0, 0.05) is 19.8 Å². The van der Waals surface area contributed by atoms with Gasteiger partial charge in [-0.3, -0.25) is 4.79 Å². The van der Waals surface area contributed by atoms with Crippen LogP contribution in [0.3, 0.4) is 0 Å². The van der Waals surface area contributed by atoms with Crippen LogP contribution in [-0.4, -0.2) is 37.0 Å². The number of hydrogen-bond acceptors (Lipinski definition) is 2. The summed E-state index contributed by atoms with van der Waals surface area (Å²) in [5.74, 6) is -0.586. The highest BCUT2D eigenvalue weighted by molar-refractivity contribution is 5.93. The predicted octanol–water partition coefficient (Wildman–Crippen LogP) is 2.06. The second-order valence-electron chi connectivity index (χ2n) is 5.06. The number of carbonyl (C=O) groups is 2. The number of halogens is 1. The van der Waals surface area contributed by atoms with Crippen molar-refractivity contribution in [2.24, 2.45) is 5.92 Å². The first-order valence-corrected chi connectivity index (χ1v) is 6.35. The molecule has 110 valence electrons. The predicted molar refractivity (Wildman–Crippen MR) is 75.9 cm³/mol. The highest BCUT2D eigenvalue weighted by Crippen LogP contribution is 2.09. The van der Waals surface area contributed by atoms with Gasteiger partial charge >= 0.3 is 6.03 Å². The second kappa shape index (κ2) is 6.88. The van der Waals surface area contributed by atoms with Crippen molar-refractivity contribution in [1.82, 2.24) is 10.2 Å². The Morgan fingerprint density at radius 3 is 2.15 bits per heavy atom. The normalized spacial score (nSPS) is 11.9. The number of benzene rings is 1. The summed E-state index contributed by atoms with van der Waals surface area (Å²) >= 11 is 0. The van der Waals surface area contributed by atoms with E-state index in [1.165, 1.54) is 29.2 Å². The van der Waals surface area contributed by atoms with E-state index in [2.05, 4.69) is 10.6 Å². The largest absolute Gasteiger partial charge is 0.347 e. The average Bonchev–Trinajstić information content (AvgIpc) is 2.37. The fourth-order valence-electron chi connectivity index (χ4n) is 1.63. The Kier molecular flexibility index (Phi) is 5.49. The number of urea groups is 1. The van der Waals surface area contributed by atoms with Crippen LogP contribution >= 0.6 is 0 Å². The minimum Gasteiger partial charge on any atom is -0.347 e. The van der Waals surface area contributed by atoms with Crippen molar-refractivity contribution in [3.8, 4) is 0 Å². The van der Waals surface area contributed by atoms with Gasteiger partial charge in [-0.1, -0.05) is 13.8 Å². The number of hydrogen-bond donors (Lipinski definition) is 2. The zero-order valence-corrected chi connectivity index (χ0v) is 12.1. The van der Waals surface area contributed by atoms with Gasteiger partial charge < -0.3 is 15.5 Å². The number of nitrogens with one attached hydrogen (secondary N) is 2. The number of carbonyl (C=O) groups excluding carboxylic acids is 2. The summed E-state index contributed by atoms with van der Waals surface area (Å²) < 4.78 is 12.8. The first kappa shape index (κ1) is 15.9. The van der Waals surface area contributed by atoms with Crippen LogP contribution in [0.1, 0.15) is 13.8 Å². The van der Waals surface area contributed by atoms with E-state index in [-0.39, 0.29) is 17.6 Å². The Bertz CT molecular complexity index is 472. The maximum atomic E-state index is 12.8. The fraction of sp³-hybridized carbons (Fsp3) is 0.429. The van der Waals surface area contributed by atoms with Crippen molar-refractivity contribution in [3.63, 3.8) is 0 Å². The molecule has 0 fully saturated rings. The van der Waals surface area contributed by atoms with E-state index >= 15 is 0 Å². The standard InChI is InChI=1S/C14H20FN3O2/c1-9(2)12(13(19)18(3)4)17-14(20)16-11-7-5-10(15)6-8-11/h5-9,12H,1-4H3,(H2,16,17,20)/t12-/m1/s1. The molecular weight excluding hydrogens is 261 g/mol. The van der Waals surface area contributed by atoms with Crippen LogP contribution in [0.25, 0.3) is 0 Å². The van der Waals surface area contributed by atoms with E-state index in [4.69, 9.17) is 0 Å². The Morgan fingerprint density at radius 1 is 1.15 bits per heavy atom. The van der Waals surface area contributed by atoms with Crippen molar-refractivity contribution < 1.29 is 14.0 Å². The SMILES string of the molecule is CC(C)[C@@H](NC(=O)Nc1ccc(F)cc1)C(=O)N(C)C. The van der Waals surface area contributed by atoms with Gasteiger partial charge in [0.05, 0.1) is 0 Å². The molecule has 3 amide bonds. The molecule has 5 nitrogen and oxygen atoms in total. The molecule has 0 saturated carbocycles. The number of rotatable bonds is 4. The van der Waals surface area contributed by atoms with Gasteiger partial charge in [0.15, 0.2) is 0 Å². The summed E-state index contributed by atoms with van der Waals surface area (Å²) in [5.41, 5.74) is 0.462. The molecule has 0 radical (unpaired) electrons. The second-order valence-corrected chi connectivity index (χ2v) is 5.06. The third-order valence-electron chi connectivity index (χ3n) is 2.76. The quantitative estimate of drug-likeness (QED) is 0.887. The minimum absolute atomic E-state index is 0.0381. The van der Waals surface area contributed by atoms with Crippen LogP contribution in [0.4, 0.5) is 14.9 Å². The van der Waals surface area contributed by atoms with E-state index in [0.29, 0.717) is 5.69 Å². The molecule has 1 aromatic carbocycles. The lowest BCUT2D eigenvalue weighted by molar-refractivity contribution is -0.131.